The van der Waals surface area contributed by atoms with Gasteiger partial charge in [0.25, 0.3) is 0 Å². The minimum absolute atomic E-state index is 0.163. The van der Waals surface area contributed by atoms with Crippen LogP contribution in [0, 0.1) is 5.82 Å². The van der Waals surface area contributed by atoms with Crippen LogP contribution >= 0.6 is 0 Å². The first-order chi connectivity index (χ1) is 9.72. The minimum atomic E-state index is -0.163. The standard InChI is InChI=1S/C15H24FN3O/c16-15-10-13(11-17)2-3-14(15)12-19-5-1-4-18(6-7-19)8-9-20/h2-3,10,20H,1,4-9,11-12,17H2. The van der Waals surface area contributed by atoms with Crippen molar-refractivity contribution in [2.75, 3.05) is 39.3 Å². The van der Waals surface area contributed by atoms with Crippen molar-refractivity contribution in [1.29, 1.82) is 0 Å². The molecule has 1 fully saturated rings. The van der Waals surface area contributed by atoms with E-state index in [0.29, 0.717) is 13.1 Å². The van der Waals surface area contributed by atoms with Crippen LogP contribution in [0.4, 0.5) is 4.39 Å². The summed E-state index contributed by atoms with van der Waals surface area (Å²) in [5, 5.41) is 8.98. The highest BCUT2D eigenvalue weighted by atomic mass is 19.1. The Morgan fingerprint density at radius 1 is 1.15 bits per heavy atom. The number of nitrogens with zero attached hydrogens (tertiary/aromatic N) is 2. The molecule has 0 amide bonds. The molecule has 1 saturated heterocycles. The molecule has 5 heteroatoms. The van der Waals surface area contributed by atoms with E-state index >= 15 is 0 Å². The fraction of sp³-hybridized carbons (Fsp3) is 0.600. The molecule has 2 rings (SSSR count). The van der Waals surface area contributed by atoms with Crippen LogP contribution in [0.15, 0.2) is 18.2 Å². The number of aliphatic hydroxyl groups is 1. The smallest absolute Gasteiger partial charge is 0.128 e. The number of hydrogen-bond acceptors (Lipinski definition) is 4. The number of aliphatic hydroxyl groups excluding tert-OH is 1. The van der Waals surface area contributed by atoms with E-state index in [1.165, 1.54) is 6.07 Å². The van der Waals surface area contributed by atoms with Crippen molar-refractivity contribution in [1.82, 2.24) is 9.80 Å². The van der Waals surface area contributed by atoms with Crippen LogP contribution in [-0.2, 0) is 13.1 Å². The Bertz CT molecular complexity index is 428. The maximum atomic E-state index is 14.0. The SMILES string of the molecule is NCc1ccc(CN2CCCN(CCO)CC2)c(F)c1. The molecule has 4 nitrogen and oxygen atoms in total. The van der Waals surface area contributed by atoms with Gasteiger partial charge >= 0.3 is 0 Å². The predicted octanol–water partition coefficient (Wildman–Crippen LogP) is 0.784. The number of rotatable bonds is 5. The van der Waals surface area contributed by atoms with Gasteiger partial charge in [-0.3, -0.25) is 9.80 Å². The summed E-state index contributed by atoms with van der Waals surface area (Å²) in [7, 11) is 0. The lowest BCUT2D eigenvalue weighted by molar-refractivity contribution is 0.195. The average Bonchev–Trinajstić information content (AvgIpc) is 2.67. The van der Waals surface area contributed by atoms with Crippen molar-refractivity contribution >= 4 is 0 Å². The summed E-state index contributed by atoms with van der Waals surface area (Å²) >= 11 is 0. The summed E-state index contributed by atoms with van der Waals surface area (Å²) in [4.78, 5) is 4.53. The zero-order valence-electron chi connectivity index (χ0n) is 11.9. The molecule has 0 atom stereocenters. The molecule has 20 heavy (non-hydrogen) atoms. The molecule has 1 aromatic rings. The first-order valence-corrected chi connectivity index (χ1v) is 7.26. The molecular weight excluding hydrogens is 257 g/mol. The summed E-state index contributed by atoms with van der Waals surface area (Å²) in [6.07, 6.45) is 1.06. The molecule has 0 unspecified atom stereocenters. The van der Waals surface area contributed by atoms with Crippen LogP contribution in [0.3, 0.4) is 0 Å². The van der Waals surface area contributed by atoms with Crippen LogP contribution in [0.5, 0.6) is 0 Å². The van der Waals surface area contributed by atoms with Crippen molar-refractivity contribution in [2.24, 2.45) is 5.73 Å². The molecule has 1 aliphatic heterocycles. The molecule has 0 aliphatic carbocycles. The molecule has 0 saturated carbocycles. The predicted molar refractivity (Wildman–Crippen MR) is 77.7 cm³/mol. The van der Waals surface area contributed by atoms with E-state index in [-0.39, 0.29) is 12.4 Å². The van der Waals surface area contributed by atoms with Gasteiger partial charge in [0, 0.05) is 38.3 Å². The maximum Gasteiger partial charge on any atom is 0.128 e. The lowest BCUT2D eigenvalue weighted by atomic mass is 10.1. The highest BCUT2D eigenvalue weighted by molar-refractivity contribution is 5.24. The van der Waals surface area contributed by atoms with Gasteiger partial charge in [0.05, 0.1) is 6.61 Å². The van der Waals surface area contributed by atoms with Crippen molar-refractivity contribution in [3.05, 3.63) is 35.1 Å². The van der Waals surface area contributed by atoms with Crippen LogP contribution in [0.2, 0.25) is 0 Å². The zero-order valence-corrected chi connectivity index (χ0v) is 11.9. The van der Waals surface area contributed by atoms with E-state index in [0.717, 1.165) is 50.3 Å². The Balaban J connectivity index is 1.93. The van der Waals surface area contributed by atoms with Crippen molar-refractivity contribution in [3.63, 3.8) is 0 Å². The third-order valence-electron chi connectivity index (χ3n) is 3.84. The molecule has 1 heterocycles. The number of β-amino-alcohol motifs (C(OH)–C–C–N with tert-alkyl or cyclic N) is 1. The van der Waals surface area contributed by atoms with Gasteiger partial charge < -0.3 is 10.8 Å². The second kappa shape index (κ2) is 7.69. The minimum Gasteiger partial charge on any atom is -0.395 e. The average molecular weight is 281 g/mol. The van der Waals surface area contributed by atoms with Crippen LogP contribution in [0.1, 0.15) is 17.5 Å². The van der Waals surface area contributed by atoms with Gasteiger partial charge in [-0.25, -0.2) is 4.39 Å². The number of nitrogens with two attached hydrogens (primary N) is 1. The largest absolute Gasteiger partial charge is 0.395 e. The van der Waals surface area contributed by atoms with Crippen molar-refractivity contribution < 1.29 is 9.50 Å². The lowest BCUT2D eigenvalue weighted by Gasteiger charge is -2.21. The monoisotopic (exact) mass is 281 g/mol. The normalized spacial score (nSPS) is 18.1. The Morgan fingerprint density at radius 2 is 1.90 bits per heavy atom. The molecule has 0 bridgehead atoms. The number of hydrogen-bond donors (Lipinski definition) is 2. The summed E-state index contributed by atoms with van der Waals surface area (Å²) < 4.78 is 14.0. The zero-order chi connectivity index (χ0) is 14.4. The molecule has 1 aromatic carbocycles. The Labute approximate surface area is 120 Å². The van der Waals surface area contributed by atoms with Gasteiger partial charge in [0.15, 0.2) is 0 Å². The third kappa shape index (κ3) is 4.24. The van der Waals surface area contributed by atoms with Gasteiger partial charge in [-0.1, -0.05) is 12.1 Å². The van der Waals surface area contributed by atoms with E-state index in [1.54, 1.807) is 0 Å². The van der Waals surface area contributed by atoms with Gasteiger partial charge in [-0.05, 0) is 31.1 Å². The van der Waals surface area contributed by atoms with Gasteiger partial charge in [-0.2, -0.15) is 0 Å². The maximum absolute atomic E-state index is 14.0. The summed E-state index contributed by atoms with van der Waals surface area (Å²) in [6, 6.07) is 5.27. The molecule has 0 radical (unpaired) electrons. The van der Waals surface area contributed by atoms with Gasteiger partial charge in [0.2, 0.25) is 0 Å². The second-order valence-electron chi connectivity index (χ2n) is 5.32. The van der Waals surface area contributed by atoms with E-state index in [1.807, 2.05) is 12.1 Å². The quantitative estimate of drug-likeness (QED) is 0.837. The van der Waals surface area contributed by atoms with Gasteiger partial charge in [0.1, 0.15) is 5.82 Å². The van der Waals surface area contributed by atoms with Crippen molar-refractivity contribution in [3.8, 4) is 0 Å². The fourth-order valence-electron chi connectivity index (χ4n) is 2.63. The fourth-order valence-corrected chi connectivity index (χ4v) is 2.63. The van der Waals surface area contributed by atoms with Crippen LogP contribution in [0.25, 0.3) is 0 Å². The lowest BCUT2D eigenvalue weighted by Crippen LogP contribution is -2.32. The first-order valence-electron chi connectivity index (χ1n) is 7.26. The molecular formula is C15H24FN3O. The molecule has 0 spiro atoms. The highest BCUT2D eigenvalue weighted by Crippen LogP contribution is 2.14. The van der Waals surface area contributed by atoms with E-state index < -0.39 is 0 Å². The van der Waals surface area contributed by atoms with Crippen LogP contribution in [-0.4, -0.2) is 54.2 Å². The first kappa shape index (κ1) is 15.4. The molecule has 1 aliphatic rings. The second-order valence-corrected chi connectivity index (χ2v) is 5.32. The topological polar surface area (TPSA) is 52.7 Å². The van der Waals surface area contributed by atoms with E-state index in [2.05, 4.69) is 9.80 Å². The van der Waals surface area contributed by atoms with Gasteiger partial charge in [-0.15, -0.1) is 0 Å². The summed E-state index contributed by atoms with van der Waals surface area (Å²) in [5.74, 6) is -0.163. The molecule has 3 N–H and O–H groups in total. The highest BCUT2D eigenvalue weighted by Gasteiger charge is 2.15. The molecule has 0 aromatic heterocycles. The Kier molecular flexibility index (Phi) is 5.91. The summed E-state index contributed by atoms with van der Waals surface area (Å²) in [6.45, 7) is 5.77. The Morgan fingerprint density at radius 3 is 2.60 bits per heavy atom. The Hall–Kier alpha value is -1.01. The van der Waals surface area contributed by atoms with Crippen LogP contribution < -0.4 is 5.73 Å². The van der Waals surface area contributed by atoms with Crippen molar-refractivity contribution in [2.45, 2.75) is 19.5 Å². The number of benzene rings is 1. The third-order valence-corrected chi connectivity index (χ3v) is 3.84. The number of halogens is 1. The van der Waals surface area contributed by atoms with E-state index in [4.69, 9.17) is 10.8 Å². The van der Waals surface area contributed by atoms with E-state index in [9.17, 15) is 4.39 Å². The molecule has 112 valence electrons. The summed E-state index contributed by atoms with van der Waals surface area (Å²) in [5.41, 5.74) is 7.08.